The molecule has 2 heteroatoms. The third-order valence-corrected chi connectivity index (χ3v) is 17.9. The number of rotatable bonds is 8. The molecule has 1 aliphatic rings. The van der Waals surface area contributed by atoms with E-state index in [1.54, 1.807) is 17.4 Å². The average Bonchev–Trinajstić information content (AvgIpc) is 2.86. The zero-order chi connectivity index (χ0) is 21.6. The molecule has 0 aliphatic heterocycles. The SMILES string of the molecule is c1ccc([As](CC2CCC2C[As](c2ccccc2)c2ccccc2)c2ccccc2)cc1. The van der Waals surface area contributed by atoms with E-state index in [9.17, 15) is 0 Å². The fraction of sp³-hybridized carbons (Fsp3) is 0.200. The summed E-state index contributed by atoms with van der Waals surface area (Å²) in [6, 6.07) is 45.5. The van der Waals surface area contributed by atoms with E-state index in [1.165, 1.54) is 23.3 Å². The van der Waals surface area contributed by atoms with E-state index in [2.05, 4.69) is 121 Å². The van der Waals surface area contributed by atoms with Gasteiger partial charge >= 0.3 is 203 Å². The fourth-order valence-corrected chi connectivity index (χ4v) is 16.2. The van der Waals surface area contributed by atoms with Crippen LogP contribution in [-0.2, 0) is 0 Å². The first-order valence-corrected chi connectivity index (χ1v) is 18.0. The minimum absolute atomic E-state index is 0.889. The van der Waals surface area contributed by atoms with E-state index in [0.29, 0.717) is 0 Å². The first kappa shape index (κ1) is 21.8. The number of hydrogen-bond acceptors (Lipinski definition) is 0. The quantitative estimate of drug-likeness (QED) is 0.286. The molecule has 0 saturated heterocycles. The number of benzene rings is 4. The summed E-state index contributed by atoms with van der Waals surface area (Å²) in [5.74, 6) is 1.78. The van der Waals surface area contributed by atoms with Gasteiger partial charge in [-0.15, -0.1) is 0 Å². The Labute approximate surface area is 202 Å². The minimum atomic E-state index is -1.27. The second-order valence-electron chi connectivity index (χ2n) is 8.66. The van der Waals surface area contributed by atoms with Crippen LogP contribution in [0.2, 0.25) is 10.4 Å². The Morgan fingerprint density at radius 1 is 0.406 bits per heavy atom. The van der Waals surface area contributed by atoms with Gasteiger partial charge in [-0.1, -0.05) is 0 Å². The van der Waals surface area contributed by atoms with Gasteiger partial charge in [-0.3, -0.25) is 0 Å². The van der Waals surface area contributed by atoms with Crippen LogP contribution in [0.5, 0.6) is 0 Å². The van der Waals surface area contributed by atoms with E-state index < -0.39 is 29.3 Å². The van der Waals surface area contributed by atoms with Crippen LogP contribution in [0.25, 0.3) is 0 Å². The van der Waals surface area contributed by atoms with Crippen molar-refractivity contribution in [3.05, 3.63) is 121 Å². The molecule has 0 radical (unpaired) electrons. The van der Waals surface area contributed by atoms with Crippen molar-refractivity contribution in [2.24, 2.45) is 11.8 Å². The molecule has 0 spiro atoms. The van der Waals surface area contributed by atoms with Gasteiger partial charge < -0.3 is 0 Å². The Hall–Kier alpha value is -2.00. The first-order chi connectivity index (χ1) is 15.9. The van der Waals surface area contributed by atoms with Crippen molar-refractivity contribution in [3.63, 3.8) is 0 Å². The van der Waals surface area contributed by atoms with Crippen molar-refractivity contribution in [1.29, 1.82) is 0 Å². The normalized spacial score (nSPS) is 17.9. The molecule has 0 heterocycles. The van der Waals surface area contributed by atoms with Gasteiger partial charge in [0.05, 0.1) is 0 Å². The standard InChI is InChI=1S/C30H30As2/c1-5-13-27(14-6-1)31(28-15-7-2-8-16-28)23-25-21-22-26(25)24-32(29-17-9-3-10-18-29)30-19-11-4-12-20-30/h1-20,25-26H,21-24H2. The zero-order valence-electron chi connectivity index (χ0n) is 18.4. The third-order valence-electron chi connectivity index (χ3n) is 6.68. The summed E-state index contributed by atoms with van der Waals surface area (Å²) >= 11 is -2.55. The Morgan fingerprint density at radius 2 is 0.656 bits per heavy atom. The molecule has 0 nitrogen and oxygen atoms in total. The van der Waals surface area contributed by atoms with Crippen molar-refractivity contribution < 1.29 is 0 Å². The van der Waals surface area contributed by atoms with Crippen LogP contribution in [0, 0.1) is 11.8 Å². The molecule has 32 heavy (non-hydrogen) atoms. The second kappa shape index (κ2) is 10.7. The van der Waals surface area contributed by atoms with Crippen LogP contribution >= 0.6 is 0 Å². The van der Waals surface area contributed by atoms with Crippen LogP contribution in [-0.4, -0.2) is 29.3 Å². The molecular weight excluding hydrogens is 510 g/mol. The molecule has 0 amide bonds. The van der Waals surface area contributed by atoms with Crippen molar-refractivity contribution in [2.75, 3.05) is 0 Å². The van der Waals surface area contributed by atoms with Crippen LogP contribution in [0.3, 0.4) is 0 Å². The predicted molar refractivity (Wildman–Crippen MR) is 142 cm³/mol. The summed E-state index contributed by atoms with van der Waals surface area (Å²) in [6.45, 7) is 0. The Morgan fingerprint density at radius 3 is 0.875 bits per heavy atom. The van der Waals surface area contributed by atoms with Gasteiger partial charge in [0, 0.05) is 0 Å². The summed E-state index contributed by atoms with van der Waals surface area (Å²) in [5, 5.41) is 2.83. The maximum atomic E-state index is 2.38. The van der Waals surface area contributed by atoms with Crippen LogP contribution in [0.15, 0.2) is 121 Å². The topological polar surface area (TPSA) is 0 Å². The molecule has 2 unspecified atom stereocenters. The summed E-state index contributed by atoms with van der Waals surface area (Å²) in [4.78, 5) is 0. The Bertz CT molecular complexity index is 911. The summed E-state index contributed by atoms with van der Waals surface area (Å²) in [6.07, 6.45) is 2.84. The van der Waals surface area contributed by atoms with Crippen molar-refractivity contribution >= 4 is 46.7 Å². The molecule has 0 bridgehead atoms. The van der Waals surface area contributed by atoms with Crippen LogP contribution < -0.4 is 17.4 Å². The zero-order valence-corrected chi connectivity index (χ0v) is 22.2. The molecule has 0 aromatic heterocycles. The predicted octanol–water partition coefficient (Wildman–Crippen LogP) is 4.63. The molecule has 160 valence electrons. The number of hydrogen-bond donors (Lipinski definition) is 0. The van der Waals surface area contributed by atoms with E-state index in [4.69, 9.17) is 0 Å². The molecule has 1 fully saturated rings. The summed E-state index contributed by atoms with van der Waals surface area (Å²) < 4.78 is 6.43. The van der Waals surface area contributed by atoms with Gasteiger partial charge in [0.15, 0.2) is 0 Å². The fourth-order valence-electron chi connectivity index (χ4n) is 4.74. The van der Waals surface area contributed by atoms with Gasteiger partial charge in [0.2, 0.25) is 0 Å². The van der Waals surface area contributed by atoms with E-state index >= 15 is 0 Å². The van der Waals surface area contributed by atoms with Gasteiger partial charge in [-0.2, -0.15) is 0 Å². The van der Waals surface area contributed by atoms with Gasteiger partial charge in [0.25, 0.3) is 0 Å². The van der Waals surface area contributed by atoms with Crippen molar-refractivity contribution in [1.82, 2.24) is 0 Å². The Kier molecular flexibility index (Phi) is 7.33. The van der Waals surface area contributed by atoms with E-state index in [0.717, 1.165) is 11.8 Å². The molecule has 1 aliphatic carbocycles. The molecule has 4 aromatic carbocycles. The maximum absolute atomic E-state index is 2.38. The second-order valence-corrected chi connectivity index (χ2v) is 18.1. The van der Waals surface area contributed by atoms with E-state index in [1.807, 2.05) is 0 Å². The monoisotopic (exact) mass is 540 g/mol. The molecule has 0 N–H and O–H groups in total. The van der Waals surface area contributed by atoms with Crippen molar-refractivity contribution in [2.45, 2.75) is 23.3 Å². The summed E-state index contributed by atoms with van der Waals surface area (Å²) in [7, 11) is 0. The molecule has 1 saturated carbocycles. The van der Waals surface area contributed by atoms with Gasteiger partial charge in [-0.05, 0) is 0 Å². The molecule has 5 rings (SSSR count). The van der Waals surface area contributed by atoms with Crippen LogP contribution in [0.4, 0.5) is 0 Å². The van der Waals surface area contributed by atoms with E-state index in [-0.39, 0.29) is 0 Å². The Balaban J connectivity index is 1.37. The average molecular weight is 540 g/mol. The molecular formula is C30H30As2. The summed E-state index contributed by atoms with van der Waals surface area (Å²) in [5.41, 5.74) is 0. The van der Waals surface area contributed by atoms with Gasteiger partial charge in [-0.25, -0.2) is 0 Å². The van der Waals surface area contributed by atoms with Crippen LogP contribution in [0.1, 0.15) is 12.8 Å². The molecule has 4 aromatic rings. The third kappa shape index (κ3) is 5.14. The molecule has 2 atom stereocenters. The first-order valence-electron chi connectivity index (χ1n) is 11.6. The van der Waals surface area contributed by atoms with Crippen molar-refractivity contribution in [3.8, 4) is 0 Å². The van der Waals surface area contributed by atoms with Gasteiger partial charge in [0.1, 0.15) is 0 Å².